The van der Waals surface area contributed by atoms with Gasteiger partial charge in [-0.15, -0.1) is 0 Å². The molecule has 1 nitrogen and oxygen atoms in total. The van der Waals surface area contributed by atoms with Gasteiger partial charge in [-0.25, -0.2) is 8.78 Å². The van der Waals surface area contributed by atoms with Gasteiger partial charge in [0.25, 0.3) is 0 Å². The number of hydrogen-bond acceptors (Lipinski definition) is 1. The van der Waals surface area contributed by atoms with Crippen molar-refractivity contribution >= 4 is 27.5 Å². The standard InChI is InChI=1S/C13H9BrClF2N/c14-8-2-4-11(16)9(6-8)13(18)7-1-3-12(17)10(15)5-7/h1-6,13H,18H2. The molecule has 0 saturated carbocycles. The van der Waals surface area contributed by atoms with Crippen LogP contribution in [0.25, 0.3) is 0 Å². The van der Waals surface area contributed by atoms with Gasteiger partial charge in [0.15, 0.2) is 0 Å². The Bertz CT molecular complexity index is 589. The van der Waals surface area contributed by atoms with E-state index in [9.17, 15) is 8.78 Å². The van der Waals surface area contributed by atoms with E-state index >= 15 is 0 Å². The molecule has 0 fully saturated rings. The van der Waals surface area contributed by atoms with Crippen LogP contribution in [0.5, 0.6) is 0 Å². The normalized spacial score (nSPS) is 12.5. The van der Waals surface area contributed by atoms with Crippen molar-refractivity contribution in [2.75, 3.05) is 0 Å². The Morgan fingerprint density at radius 3 is 2.39 bits per heavy atom. The third kappa shape index (κ3) is 2.71. The molecule has 94 valence electrons. The molecule has 0 aliphatic carbocycles. The first-order valence-electron chi connectivity index (χ1n) is 5.14. The van der Waals surface area contributed by atoms with Gasteiger partial charge in [-0.3, -0.25) is 0 Å². The largest absolute Gasteiger partial charge is 0.320 e. The van der Waals surface area contributed by atoms with Gasteiger partial charge in [-0.1, -0.05) is 33.6 Å². The maximum absolute atomic E-state index is 13.7. The molecule has 2 aromatic rings. The lowest BCUT2D eigenvalue weighted by molar-refractivity contribution is 0.598. The number of hydrogen-bond donors (Lipinski definition) is 1. The zero-order valence-corrected chi connectivity index (χ0v) is 11.5. The molecule has 0 aromatic heterocycles. The molecule has 0 amide bonds. The fraction of sp³-hybridized carbons (Fsp3) is 0.0769. The lowest BCUT2D eigenvalue weighted by Gasteiger charge is -2.14. The summed E-state index contributed by atoms with van der Waals surface area (Å²) in [6, 6.07) is 7.92. The van der Waals surface area contributed by atoms with Crippen molar-refractivity contribution in [1.82, 2.24) is 0 Å². The Balaban J connectivity index is 2.44. The van der Waals surface area contributed by atoms with E-state index in [4.69, 9.17) is 17.3 Å². The van der Waals surface area contributed by atoms with Crippen LogP contribution in [0.1, 0.15) is 17.2 Å². The highest BCUT2D eigenvalue weighted by Crippen LogP contribution is 2.27. The molecule has 2 rings (SSSR count). The number of rotatable bonds is 2. The molecular weight excluding hydrogens is 324 g/mol. The van der Waals surface area contributed by atoms with E-state index in [0.29, 0.717) is 11.1 Å². The zero-order valence-electron chi connectivity index (χ0n) is 9.13. The Hall–Kier alpha value is -0.970. The van der Waals surface area contributed by atoms with E-state index in [1.165, 1.54) is 24.3 Å². The predicted octanol–water partition coefficient (Wildman–Crippen LogP) is 4.43. The second kappa shape index (κ2) is 5.34. The van der Waals surface area contributed by atoms with E-state index in [1.807, 2.05) is 0 Å². The van der Waals surface area contributed by atoms with E-state index in [-0.39, 0.29) is 5.02 Å². The zero-order chi connectivity index (χ0) is 13.3. The first-order chi connectivity index (χ1) is 8.49. The maximum atomic E-state index is 13.7. The third-order valence-corrected chi connectivity index (χ3v) is 3.38. The lowest BCUT2D eigenvalue weighted by Crippen LogP contribution is -2.13. The summed E-state index contributed by atoms with van der Waals surface area (Å²) < 4.78 is 27.5. The summed E-state index contributed by atoms with van der Waals surface area (Å²) in [5, 5.41) is -0.0293. The van der Waals surface area contributed by atoms with Crippen molar-refractivity contribution in [3.05, 3.63) is 68.7 Å². The van der Waals surface area contributed by atoms with Crippen LogP contribution in [-0.4, -0.2) is 0 Å². The fourth-order valence-electron chi connectivity index (χ4n) is 1.64. The van der Waals surface area contributed by atoms with Gasteiger partial charge >= 0.3 is 0 Å². The maximum Gasteiger partial charge on any atom is 0.141 e. The minimum Gasteiger partial charge on any atom is -0.320 e. The van der Waals surface area contributed by atoms with Crippen LogP contribution in [-0.2, 0) is 0 Å². The SMILES string of the molecule is NC(c1ccc(F)c(Cl)c1)c1cc(Br)ccc1F. The highest BCUT2D eigenvalue weighted by atomic mass is 79.9. The van der Waals surface area contributed by atoms with Crippen LogP contribution in [0, 0.1) is 11.6 Å². The molecular formula is C13H9BrClF2N. The van der Waals surface area contributed by atoms with Gasteiger partial charge in [0.05, 0.1) is 11.1 Å². The minimum atomic E-state index is -0.694. The summed E-state index contributed by atoms with van der Waals surface area (Å²) in [7, 11) is 0. The van der Waals surface area contributed by atoms with Crippen LogP contribution in [0.3, 0.4) is 0 Å². The summed E-state index contributed by atoms with van der Waals surface area (Å²) in [6.07, 6.45) is 0. The summed E-state index contributed by atoms with van der Waals surface area (Å²) >= 11 is 8.94. The van der Waals surface area contributed by atoms with Gasteiger partial charge in [0.1, 0.15) is 11.6 Å². The molecule has 1 atom stereocenters. The first kappa shape index (κ1) is 13.5. The lowest BCUT2D eigenvalue weighted by atomic mass is 9.99. The molecule has 0 heterocycles. The Morgan fingerprint density at radius 2 is 1.72 bits per heavy atom. The Labute approximate surface area is 117 Å². The molecule has 2 aromatic carbocycles. The van der Waals surface area contributed by atoms with Crippen LogP contribution in [0.2, 0.25) is 5.02 Å². The molecule has 18 heavy (non-hydrogen) atoms. The molecule has 0 radical (unpaired) electrons. The molecule has 2 N–H and O–H groups in total. The second-order valence-corrected chi connectivity index (χ2v) is 5.14. The predicted molar refractivity (Wildman–Crippen MR) is 71.5 cm³/mol. The van der Waals surface area contributed by atoms with Crippen LogP contribution < -0.4 is 5.73 Å². The summed E-state index contributed by atoms with van der Waals surface area (Å²) in [6.45, 7) is 0. The van der Waals surface area contributed by atoms with Gasteiger partial charge in [-0.2, -0.15) is 0 Å². The van der Waals surface area contributed by atoms with Crippen molar-refractivity contribution in [2.24, 2.45) is 5.73 Å². The van der Waals surface area contributed by atoms with Gasteiger partial charge < -0.3 is 5.73 Å². The fourth-order valence-corrected chi connectivity index (χ4v) is 2.21. The smallest absolute Gasteiger partial charge is 0.141 e. The van der Waals surface area contributed by atoms with Crippen molar-refractivity contribution in [1.29, 1.82) is 0 Å². The van der Waals surface area contributed by atoms with E-state index < -0.39 is 17.7 Å². The minimum absolute atomic E-state index is 0.0293. The second-order valence-electron chi connectivity index (χ2n) is 3.82. The third-order valence-electron chi connectivity index (χ3n) is 2.60. The van der Waals surface area contributed by atoms with Crippen molar-refractivity contribution < 1.29 is 8.78 Å². The topological polar surface area (TPSA) is 26.0 Å². The number of halogens is 4. The van der Waals surface area contributed by atoms with Gasteiger partial charge in [0.2, 0.25) is 0 Å². The summed E-state index contributed by atoms with van der Waals surface area (Å²) in [4.78, 5) is 0. The molecule has 0 saturated heterocycles. The molecule has 0 bridgehead atoms. The quantitative estimate of drug-likeness (QED) is 0.865. The average Bonchev–Trinajstić information content (AvgIpc) is 2.35. The van der Waals surface area contributed by atoms with Crippen molar-refractivity contribution in [3.63, 3.8) is 0 Å². The Kier molecular flexibility index (Phi) is 4.00. The van der Waals surface area contributed by atoms with E-state index in [0.717, 1.165) is 4.47 Å². The van der Waals surface area contributed by atoms with Crippen LogP contribution >= 0.6 is 27.5 Å². The monoisotopic (exact) mass is 331 g/mol. The number of benzene rings is 2. The van der Waals surface area contributed by atoms with E-state index in [2.05, 4.69) is 15.9 Å². The molecule has 0 aliphatic rings. The van der Waals surface area contributed by atoms with Crippen molar-refractivity contribution in [3.8, 4) is 0 Å². The average molecular weight is 333 g/mol. The first-order valence-corrected chi connectivity index (χ1v) is 6.31. The highest BCUT2D eigenvalue weighted by Gasteiger charge is 2.15. The summed E-state index contributed by atoms with van der Waals surface area (Å²) in [5.41, 5.74) is 6.84. The Morgan fingerprint density at radius 1 is 1.06 bits per heavy atom. The molecule has 5 heteroatoms. The van der Waals surface area contributed by atoms with Crippen LogP contribution in [0.15, 0.2) is 40.9 Å². The van der Waals surface area contributed by atoms with E-state index in [1.54, 1.807) is 12.1 Å². The molecule has 0 spiro atoms. The van der Waals surface area contributed by atoms with Gasteiger partial charge in [-0.05, 0) is 35.9 Å². The molecule has 0 aliphatic heterocycles. The highest BCUT2D eigenvalue weighted by molar-refractivity contribution is 9.10. The van der Waals surface area contributed by atoms with Gasteiger partial charge in [0, 0.05) is 10.0 Å². The summed E-state index contributed by atoms with van der Waals surface area (Å²) in [5.74, 6) is -0.937. The number of nitrogens with two attached hydrogens (primary N) is 1. The molecule has 1 unspecified atom stereocenters. The van der Waals surface area contributed by atoms with Crippen molar-refractivity contribution in [2.45, 2.75) is 6.04 Å². The van der Waals surface area contributed by atoms with Crippen LogP contribution in [0.4, 0.5) is 8.78 Å².